The Morgan fingerprint density at radius 2 is 1.56 bits per heavy atom. The fraction of sp³-hybridized carbons (Fsp3) is 1.00. The number of hydrogen-bond donors (Lipinski definition) is 0. The van der Waals surface area contributed by atoms with Crippen LogP contribution < -0.4 is 29.6 Å². The molecule has 0 aliphatic heterocycles. The summed E-state index contributed by atoms with van der Waals surface area (Å²) in [5.41, 5.74) is 0. The van der Waals surface area contributed by atoms with Crippen molar-refractivity contribution in [1.29, 1.82) is 0 Å². The van der Waals surface area contributed by atoms with Crippen LogP contribution in [0.4, 0.5) is 13.2 Å². The van der Waals surface area contributed by atoms with E-state index < -0.39 is 28.0 Å². The van der Waals surface area contributed by atoms with Crippen molar-refractivity contribution in [2.45, 2.75) is 63.3 Å². The molecule has 0 N–H and O–H groups in total. The summed E-state index contributed by atoms with van der Waals surface area (Å²) in [4.78, 5) is 0. The molecule has 0 aromatic heterocycles. The second-order valence-electron chi connectivity index (χ2n) is 4.04. The minimum atomic E-state index is -5.91. The smallest absolute Gasteiger partial charge is 0.743 e. The van der Waals surface area contributed by atoms with Gasteiger partial charge in [0.05, 0.1) is 0 Å². The third-order valence-corrected chi connectivity index (χ3v) is 3.43. The monoisotopic (exact) mass is 298 g/mol. The van der Waals surface area contributed by atoms with Gasteiger partial charge in [-0.05, 0) is 6.42 Å². The van der Waals surface area contributed by atoms with Crippen LogP contribution in [0.1, 0.15) is 51.9 Å². The average molecular weight is 298 g/mol. The zero-order valence-electron chi connectivity index (χ0n) is 10.8. The molecule has 0 bridgehead atoms. The fourth-order valence-electron chi connectivity index (χ4n) is 1.43. The van der Waals surface area contributed by atoms with Gasteiger partial charge in [0.25, 0.3) is 0 Å². The molecule has 8 heteroatoms. The van der Waals surface area contributed by atoms with Crippen LogP contribution in [-0.2, 0) is 10.1 Å². The second-order valence-corrected chi connectivity index (χ2v) is 5.49. The Morgan fingerprint density at radius 3 is 2.00 bits per heavy atom. The SMILES string of the molecule is CCCCCCCCC(F)C(F)(F)S(=O)(=O)[O-].[Na+]. The minimum Gasteiger partial charge on any atom is -0.743 e. The summed E-state index contributed by atoms with van der Waals surface area (Å²) >= 11 is 0. The molecule has 0 fully saturated rings. The molecule has 0 saturated carbocycles. The Labute approximate surface area is 129 Å². The van der Waals surface area contributed by atoms with Gasteiger partial charge in [0, 0.05) is 0 Å². The molecule has 0 spiro atoms. The van der Waals surface area contributed by atoms with E-state index in [0.717, 1.165) is 25.7 Å². The van der Waals surface area contributed by atoms with Gasteiger partial charge >= 0.3 is 34.8 Å². The first-order valence-corrected chi connectivity index (χ1v) is 7.11. The molecule has 0 heterocycles. The third kappa shape index (κ3) is 7.33. The summed E-state index contributed by atoms with van der Waals surface area (Å²) in [5.74, 6) is 0. The van der Waals surface area contributed by atoms with Crippen molar-refractivity contribution >= 4 is 10.1 Å². The van der Waals surface area contributed by atoms with E-state index in [2.05, 4.69) is 0 Å². The van der Waals surface area contributed by atoms with Crippen molar-refractivity contribution in [2.75, 3.05) is 0 Å². The molecular weight excluding hydrogens is 280 g/mol. The van der Waals surface area contributed by atoms with Crippen molar-refractivity contribution in [3.63, 3.8) is 0 Å². The van der Waals surface area contributed by atoms with Crippen molar-refractivity contribution in [1.82, 2.24) is 0 Å². The van der Waals surface area contributed by atoms with Gasteiger partial charge in [-0.3, -0.25) is 0 Å². The first-order valence-electron chi connectivity index (χ1n) is 5.70. The topological polar surface area (TPSA) is 57.2 Å². The number of hydrogen-bond acceptors (Lipinski definition) is 3. The summed E-state index contributed by atoms with van der Waals surface area (Å²) < 4.78 is 68.6. The summed E-state index contributed by atoms with van der Waals surface area (Å²) in [7, 11) is -5.91. The molecule has 18 heavy (non-hydrogen) atoms. The third-order valence-electron chi connectivity index (χ3n) is 2.51. The van der Waals surface area contributed by atoms with Gasteiger partial charge in [-0.2, -0.15) is 8.78 Å². The number of rotatable bonds is 9. The van der Waals surface area contributed by atoms with Crippen molar-refractivity contribution < 1.29 is 55.7 Å². The number of unbranched alkanes of at least 4 members (excludes halogenated alkanes) is 5. The maximum Gasteiger partial charge on any atom is 1.00 e. The first-order chi connectivity index (χ1) is 7.73. The van der Waals surface area contributed by atoms with Gasteiger partial charge in [-0.25, -0.2) is 12.8 Å². The second kappa shape index (κ2) is 9.58. The van der Waals surface area contributed by atoms with Gasteiger partial charge < -0.3 is 4.55 Å². The van der Waals surface area contributed by atoms with Crippen molar-refractivity contribution in [3.05, 3.63) is 0 Å². The predicted octanol–water partition coefficient (Wildman–Crippen LogP) is 0.217. The van der Waals surface area contributed by atoms with E-state index in [4.69, 9.17) is 0 Å². The van der Waals surface area contributed by atoms with Gasteiger partial charge in [0.1, 0.15) is 0 Å². The molecule has 0 radical (unpaired) electrons. The van der Waals surface area contributed by atoms with Crippen LogP contribution >= 0.6 is 0 Å². The summed E-state index contributed by atoms with van der Waals surface area (Å²) in [5, 5.41) is -4.81. The largest absolute Gasteiger partial charge is 1.00 e. The van der Waals surface area contributed by atoms with Gasteiger partial charge in [0.15, 0.2) is 16.3 Å². The van der Waals surface area contributed by atoms with E-state index >= 15 is 0 Å². The predicted molar refractivity (Wildman–Crippen MR) is 57.5 cm³/mol. The molecule has 0 aliphatic rings. The molecule has 0 aromatic carbocycles. The van der Waals surface area contributed by atoms with Crippen molar-refractivity contribution in [3.8, 4) is 0 Å². The summed E-state index contributed by atoms with van der Waals surface area (Å²) in [6.07, 6.45) is 1.05. The van der Waals surface area contributed by atoms with Crippen molar-refractivity contribution in [2.24, 2.45) is 0 Å². The van der Waals surface area contributed by atoms with E-state index in [-0.39, 0.29) is 36.0 Å². The van der Waals surface area contributed by atoms with Gasteiger partial charge in [-0.1, -0.05) is 45.4 Å². The van der Waals surface area contributed by atoms with E-state index in [9.17, 15) is 26.1 Å². The van der Waals surface area contributed by atoms with Gasteiger partial charge in [0.2, 0.25) is 0 Å². The zero-order valence-corrected chi connectivity index (χ0v) is 13.6. The average Bonchev–Trinajstić information content (AvgIpc) is 2.21. The molecule has 0 saturated heterocycles. The zero-order chi connectivity index (χ0) is 13.5. The van der Waals surface area contributed by atoms with Crippen LogP contribution in [0.2, 0.25) is 0 Å². The first kappa shape index (κ1) is 21.0. The quantitative estimate of drug-likeness (QED) is 0.347. The van der Waals surface area contributed by atoms with Crippen LogP contribution in [-0.4, -0.2) is 24.4 Å². The molecule has 3 nitrogen and oxygen atoms in total. The fourth-order valence-corrected chi connectivity index (χ4v) is 1.86. The van der Waals surface area contributed by atoms with E-state index in [1.807, 2.05) is 6.92 Å². The summed E-state index contributed by atoms with van der Waals surface area (Å²) in [6, 6.07) is 0. The Hall–Kier alpha value is 0.700. The molecule has 0 rings (SSSR count). The Kier molecular flexibility index (Phi) is 11.2. The summed E-state index contributed by atoms with van der Waals surface area (Å²) in [6.45, 7) is 2.03. The van der Waals surface area contributed by atoms with Crippen LogP contribution in [0, 0.1) is 0 Å². The normalized spacial score (nSPS) is 14.1. The number of alkyl halides is 3. The molecule has 0 amide bonds. The molecule has 1 unspecified atom stereocenters. The molecule has 0 aliphatic carbocycles. The van der Waals surface area contributed by atoms with Crippen LogP contribution in [0.15, 0.2) is 0 Å². The van der Waals surface area contributed by atoms with Crippen LogP contribution in [0.3, 0.4) is 0 Å². The molecule has 104 valence electrons. The maximum atomic E-state index is 12.9. The molecule has 0 aromatic rings. The van der Waals surface area contributed by atoms with Gasteiger partial charge in [-0.15, -0.1) is 0 Å². The molecular formula is C10H18F3NaO3S. The molecule has 1 atom stereocenters. The Bertz CT molecular complexity index is 309. The standard InChI is InChI=1S/C10H19F3O3S.Na/c1-2-3-4-5-6-7-8-9(11)10(12,13)17(14,15)16;/h9H,2-8H2,1H3,(H,14,15,16);/q;+1/p-1. The van der Waals surface area contributed by atoms with Crippen LogP contribution in [0.5, 0.6) is 0 Å². The van der Waals surface area contributed by atoms with Crippen LogP contribution in [0.25, 0.3) is 0 Å². The number of halogens is 3. The van der Waals surface area contributed by atoms with E-state index in [1.165, 1.54) is 0 Å². The Morgan fingerprint density at radius 1 is 1.11 bits per heavy atom. The van der Waals surface area contributed by atoms with E-state index in [1.54, 1.807) is 0 Å². The Balaban J connectivity index is 0. The maximum absolute atomic E-state index is 12.9. The van der Waals surface area contributed by atoms with E-state index in [0.29, 0.717) is 6.42 Å². The minimum absolute atomic E-state index is 0.